The highest BCUT2D eigenvalue weighted by molar-refractivity contribution is 7.93. The van der Waals surface area contributed by atoms with Crippen molar-refractivity contribution in [3.63, 3.8) is 0 Å². The number of nitrogens with zero attached hydrogens (tertiary/aromatic N) is 1. The largest absolute Gasteiger partial charge is 0.398 e. The molecule has 3 aromatic carbocycles. The average molecular weight is 687 g/mol. The number of nitrogens with one attached hydrogen (secondary N) is 2. The average Bonchev–Trinajstić information content (AvgIpc) is 3.08. The van der Waals surface area contributed by atoms with E-state index in [1.807, 2.05) is 30.5 Å². The summed E-state index contributed by atoms with van der Waals surface area (Å²) in [7, 11) is 0. The molecule has 0 atom stereocenters. The predicted molar refractivity (Wildman–Crippen MR) is 190 cm³/mol. The van der Waals surface area contributed by atoms with Crippen LogP contribution in [0.1, 0.15) is 29.5 Å². The van der Waals surface area contributed by atoms with Crippen LogP contribution in [0.15, 0.2) is 77.3 Å². The number of carbonyl (C=O) groups is 1. The van der Waals surface area contributed by atoms with Crippen molar-refractivity contribution < 1.29 is 27.6 Å². The van der Waals surface area contributed by atoms with Crippen molar-refractivity contribution in [1.29, 1.82) is 0 Å². The van der Waals surface area contributed by atoms with Gasteiger partial charge < -0.3 is 34.8 Å². The van der Waals surface area contributed by atoms with Gasteiger partial charge in [0.2, 0.25) is 0 Å². The number of ether oxygens (including phenoxy) is 3. The molecule has 0 radical (unpaired) electrons. The Balaban J connectivity index is 1.51. The third-order valence-electron chi connectivity index (χ3n) is 7.03. The minimum absolute atomic E-state index is 0.131. The molecule has 254 valence electrons. The van der Waals surface area contributed by atoms with Crippen LogP contribution >= 0.6 is 23.6 Å². The summed E-state index contributed by atoms with van der Waals surface area (Å²) in [4.78, 5) is 17.4. The number of aliphatic imine (C=N–C) groups is 1. The fraction of sp³-hybridized carbons (Fsp3) is 0.371. The second-order valence-electron chi connectivity index (χ2n) is 10.3. The zero-order valence-electron chi connectivity index (χ0n) is 26.8. The van der Waals surface area contributed by atoms with E-state index in [2.05, 4.69) is 22.3 Å². The zero-order chi connectivity index (χ0) is 33.7. The summed E-state index contributed by atoms with van der Waals surface area (Å²) >= 11 is 7.38. The molecule has 0 aliphatic rings. The Morgan fingerprint density at radius 2 is 1.51 bits per heavy atom. The van der Waals surface area contributed by atoms with Crippen molar-refractivity contribution in [1.82, 2.24) is 5.32 Å². The fourth-order valence-electron chi connectivity index (χ4n) is 4.52. The highest BCUT2D eigenvalue weighted by atomic mass is 35.5. The molecule has 0 saturated heterocycles. The van der Waals surface area contributed by atoms with Crippen LogP contribution in [-0.2, 0) is 36.0 Å². The Labute approximate surface area is 286 Å². The Morgan fingerprint density at radius 3 is 2.17 bits per heavy atom. The van der Waals surface area contributed by atoms with Crippen molar-refractivity contribution in [3.05, 3.63) is 99.8 Å². The van der Waals surface area contributed by atoms with Gasteiger partial charge >= 0.3 is 0 Å². The maximum Gasteiger partial charge on any atom is 0.250 e. The van der Waals surface area contributed by atoms with E-state index in [-0.39, 0.29) is 18.4 Å². The lowest BCUT2D eigenvalue weighted by atomic mass is 9.98. The van der Waals surface area contributed by atoms with Crippen LogP contribution in [0.2, 0.25) is 5.02 Å². The molecule has 0 unspecified atom stereocenters. The second-order valence-corrected chi connectivity index (χ2v) is 11.3. The van der Waals surface area contributed by atoms with Crippen LogP contribution in [0.25, 0.3) is 5.70 Å². The van der Waals surface area contributed by atoms with Gasteiger partial charge in [-0.3, -0.25) is 9.79 Å². The molecule has 3 aromatic rings. The molecular formula is C35H44ClFN4O5S. The first-order chi connectivity index (χ1) is 22.9. The molecule has 12 heteroatoms. The van der Waals surface area contributed by atoms with Crippen molar-refractivity contribution >= 4 is 53.3 Å². The van der Waals surface area contributed by atoms with Crippen LogP contribution in [-0.4, -0.2) is 71.8 Å². The standard InChI is InChI=1S/C35H44ClFN4O5S/c1-39-33-24-29(36)12-16-32(33)40-25-41-35(42)31(15-9-27-7-13-30(37)14-8-27)34(38)28-10-5-26(6-11-28)4-3-17-43-18-19-44-20-21-45-22-23-46-47-2/h5-8,10-14,16,24,40H,1,3-4,9,15,17-23,25,38H2,2H3,(H,41,42)/b34-31-. The quantitative estimate of drug-likeness (QED) is 0.0337. The van der Waals surface area contributed by atoms with E-state index in [9.17, 15) is 9.18 Å². The van der Waals surface area contributed by atoms with Crippen LogP contribution < -0.4 is 16.4 Å². The first-order valence-electron chi connectivity index (χ1n) is 15.4. The Kier molecular flexibility index (Phi) is 17.9. The molecule has 1 amide bonds. The number of halogens is 2. The molecule has 4 N–H and O–H groups in total. The summed E-state index contributed by atoms with van der Waals surface area (Å²) < 4.78 is 35.2. The minimum atomic E-state index is -0.311. The molecule has 0 aliphatic carbocycles. The van der Waals surface area contributed by atoms with Gasteiger partial charge in [-0.1, -0.05) is 48.0 Å². The summed E-state index contributed by atoms with van der Waals surface area (Å²) in [5.74, 6) is -0.618. The zero-order valence-corrected chi connectivity index (χ0v) is 28.3. The van der Waals surface area contributed by atoms with E-state index < -0.39 is 0 Å². The predicted octanol–water partition coefficient (Wildman–Crippen LogP) is 6.58. The first-order valence-corrected chi connectivity index (χ1v) is 16.9. The van der Waals surface area contributed by atoms with Gasteiger partial charge in [0.15, 0.2) is 0 Å². The van der Waals surface area contributed by atoms with E-state index in [0.29, 0.717) is 86.8 Å². The summed E-state index contributed by atoms with van der Waals surface area (Å²) in [6, 6.07) is 19.3. The van der Waals surface area contributed by atoms with Crippen molar-refractivity contribution in [2.24, 2.45) is 10.7 Å². The van der Waals surface area contributed by atoms with Gasteiger partial charge in [-0.15, -0.1) is 0 Å². The summed E-state index contributed by atoms with van der Waals surface area (Å²) in [6.07, 6.45) is 4.46. The summed E-state index contributed by atoms with van der Waals surface area (Å²) in [6.45, 7) is 7.55. The molecule has 0 heterocycles. The molecule has 47 heavy (non-hydrogen) atoms. The Hall–Kier alpha value is -3.45. The topological polar surface area (TPSA) is 116 Å². The number of carbonyl (C=O) groups excluding carboxylic acids is 1. The lowest BCUT2D eigenvalue weighted by Gasteiger charge is -2.15. The maximum atomic E-state index is 13.4. The van der Waals surface area contributed by atoms with Gasteiger partial charge in [-0.2, -0.15) is 0 Å². The van der Waals surface area contributed by atoms with Gasteiger partial charge in [0.25, 0.3) is 5.91 Å². The smallest absolute Gasteiger partial charge is 0.250 e. The third-order valence-corrected chi connectivity index (χ3v) is 7.66. The number of aryl methyl sites for hydroxylation is 2. The van der Waals surface area contributed by atoms with Gasteiger partial charge in [0.05, 0.1) is 57.7 Å². The number of nitrogens with two attached hydrogens (primary N) is 1. The van der Waals surface area contributed by atoms with E-state index in [4.69, 9.17) is 35.7 Å². The Bertz CT molecular complexity index is 1410. The van der Waals surface area contributed by atoms with Crippen molar-refractivity contribution in [3.8, 4) is 0 Å². The van der Waals surface area contributed by atoms with E-state index in [1.54, 1.807) is 30.3 Å². The highest BCUT2D eigenvalue weighted by Gasteiger charge is 2.16. The van der Waals surface area contributed by atoms with E-state index >= 15 is 0 Å². The molecule has 0 spiro atoms. The number of hydrogen-bond donors (Lipinski definition) is 3. The molecular weight excluding hydrogens is 643 g/mol. The monoisotopic (exact) mass is 686 g/mol. The summed E-state index contributed by atoms with van der Waals surface area (Å²) in [5.41, 5.74) is 11.5. The number of amides is 1. The summed E-state index contributed by atoms with van der Waals surface area (Å²) in [5, 5.41) is 6.57. The number of anilines is 1. The van der Waals surface area contributed by atoms with Crippen LogP contribution in [0.5, 0.6) is 0 Å². The first kappa shape index (κ1) is 38.0. The molecule has 0 aromatic heterocycles. The van der Waals surface area contributed by atoms with E-state index in [0.717, 1.165) is 29.5 Å². The number of rotatable bonds is 23. The second kappa shape index (κ2) is 22.2. The number of benzene rings is 3. The van der Waals surface area contributed by atoms with Crippen molar-refractivity contribution in [2.45, 2.75) is 25.7 Å². The minimum Gasteiger partial charge on any atom is -0.398 e. The van der Waals surface area contributed by atoms with Crippen molar-refractivity contribution in [2.75, 3.05) is 64.5 Å². The van der Waals surface area contributed by atoms with Gasteiger partial charge in [-0.25, -0.2) is 4.39 Å². The van der Waals surface area contributed by atoms with Crippen LogP contribution in [0, 0.1) is 5.82 Å². The number of hydrogen-bond acceptors (Lipinski definition) is 9. The normalized spacial score (nSPS) is 11.6. The van der Waals surface area contributed by atoms with Crippen LogP contribution in [0.4, 0.5) is 15.8 Å². The molecule has 9 nitrogen and oxygen atoms in total. The molecule has 0 saturated carbocycles. The molecule has 0 bridgehead atoms. The Morgan fingerprint density at radius 1 is 0.894 bits per heavy atom. The van der Waals surface area contributed by atoms with Gasteiger partial charge in [-0.05, 0) is 91.5 Å². The van der Waals surface area contributed by atoms with Gasteiger partial charge in [0.1, 0.15) is 5.82 Å². The third kappa shape index (κ3) is 14.5. The van der Waals surface area contributed by atoms with Gasteiger partial charge in [0, 0.05) is 29.2 Å². The fourth-order valence-corrected chi connectivity index (χ4v) is 4.93. The molecule has 3 rings (SSSR count). The lowest BCUT2D eigenvalue weighted by molar-refractivity contribution is -0.117. The maximum absolute atomic E-state index is 13.4. The van der Waals surface area contributed by atoms with Crippen LogP contribution in [0.3, 0.4) is 0 Å². The lowest BCUT2D eigenvalue weighted by Crippen LogP contribution is -2.31. The van der Waals surface area contributed by atoms with E-state index in [1.165, 1.54) is 24.2 Å². The SMILES string of the molecule is C=Nc1cc(Cl)ccc1NCNC(=O)/C(CCc1ccc(F)cc1)=C(\N)c1ccc(CCCOCCOCCOCCOSC)cc1. The molecule has 0 fully saturated rings. The molecule has 0 aliphatic heterocycles. The highest BCUT2D eigenvalue weighted by Crippen LogP contribution is 2.27.